The fraction of sp³-hybridized carbons (Fsp3) is 0.333. The summed E-state index contributed by atoms with van der Waals surface area (Å²) in [5.74, 6) is -0.837. The van der Waals surface area contributed by atoms with E-state index in [2.05, 4.69) is 4.98 Å². The first-order valence-corrected chi connectivity index (χ1v) is 9.89. The van der Waals surface area contributed by atoms with Crippen molar-refractivity contribution >= 4 is 21.8 Å². The number of hydrogen-bond acceptors (Lipinski definition) is 6. The van der Waals surface area contributed by atoms with Crippen molar-refractivity contribution in [2.45, 2.75) is 17.7 Å². The molecule has 9 heteroatoms. The lowest BCUT2D eigenvalue weighted by molar-refractivity contribution is 0.0468. The summed E-state index contributed by atoms with van der Waals surface area (Å²) < 4.78 is 36.5. The minimum Gasteiger partial charge on any atom is -0.496 e. The van der Waals surface area contributed by atoms with Gasteiger partial charge in [0, 0.05) is 19.3 Å². The predicted octanol–water partition coefficient (Wildman–Crippen LogP) is 1.85. The van der Waals surface area contributed by atoms with E-state index in [1.54, 1.807) is 24.3 Å². The Hall–Kier alpha value is -2.65. The van der Waals surface area contributed by atoms with E-state index in [4.69, 9.17) is 9.47 Å². The lowest BCUT2D eigenvalue weighted by Gasteiger charge is -2.13. The summed E-state index contributed by atoms with van der Waals surface area (Å²) in [6.07, 6.45) is 2.90. The lowest BCUT2D eigenvalue weighted by atomic mass is 10.1. The van der Waals surface area contributed by atoms with Crippen LogP contribution in [-0.4, -0.2) is 56.3 Å². The number of carbonyl (C=O) groups is 2. The summed E-state index contributed by atoms with van der Waals surface area (Å²) in [5.41, 5.74) is 0.275. The first-order valence-electron chi connectivity index (χ1n) is 8.45. The Balaban J connectivity index is 1.65. The molecule has 1 aromatic carbocycles. The largest absolute Gasteiger partial charge is 0.496 e. The normalized spacial score (nSPS) is 14.9. The zero-order valence-electron chi connectivity index (χ0n) is 14.8. The quantitative estimate of drug-likeness (QED) is 0.569. The number of Topliss-reactive ketones (excluding diaryl/α,β-unsaturated/α-hetero) is 1. The summed E-state index contributed by atoms with van der Waals surface area (Å²) in [5, 5.41) is 0. The van der Waals surface area contributed by atoms with Crippen LogP contribution in [-0.2, 0) is 14.8 Å². The van der Waals surface area contributed by atoms with Gasteiger partial charge in [0.1, 0.15) is 16.3 Å². The van der Waals surface area contributed by atoms with Gasteiger partial charge in [-0.1, -0.05) is 12.1 Å². The number of esters is 1. The van der Waals surface area contributed by atoms with E-state index in [0.717, 1.165) is 12.8 Å². The SMILES string of the molecule is COc1ccccc1C(=O)COC(=O)c1cc(S(=O)(=O)N2CCCC2)c[nH]1. The fourth-order valence-corrected chi connectivity index (χ4v) is 4.39. The number of ether oxygens (including phenoxy) is 2. The van der Waals surface area contributed by atoms with Crippen LogP contribution in [0.1, 0.15) is 33.7 Å². The molecule has 0 aliphatic carbocycles. The number of hydrogen-bond donors (Lipinski definition) is 1. The average Bonchev–Trinajstić information content (AvgIpc) is 3.38. The van der Waals surface area contributed by atoms with E-state index in [1.165, 1.54) is 23.7 Å². The molecule has 0 radical (unpaired) electrons. The highest BCUT2D eigenvalue weighted by Crippen LogP contribution is 2.22. The summed E-state index contributed by atoms with van der Waals surface area (Å²) in [6.45, 7) is 0.466. The Morgan fingerprint density at radius 1 is 1.19 bits per heavy atom. The third-order valence-electron chi connectivity index (χ3n) is 4.32. The number of H-pyrrole nitrogens is 1. The number of carbonyl (C=O) groups excluding carboxylic acids is 2. The Bertz CT molecular complexity index is 944. The highest BCUT2D eigenvalue weighted by Gasteiger charge is 2.29. The number of nitrogens with zero attached hydrogens (tertiary/aromatic N) is 1. The number of benzene rings is 1. The minimum absolute atomic E-state index is 0.00686. The molecular formula is C18H20N2O6S. The monoisotopic (exact) mass is 392 g/mol. The third kappa shape index (κ3) is 4.04. The number of ketones is 1. The molecular weight excluding hydrogens is 372 g/mol. The molecule has 1 N–H and O–H groups in total. The van der Waals surface area contributed by atoms with Crippen LogP contribution in [0.2, 0.25) is 0 Å². The van der Waals surface area contributed by atoms with Crippen LogP contribution in [0.5, 0.6) is 5.75 Å². The van der Waals surface area contributed by atoms with Crippen LogP contribution in [0.25, 0.3) is 0 Å². The maximum Gasteiger partial charge on any atom is 0.355 e. The first kappa shape index (κ1) is 19.1. The maximum atomic E-state index is 12.5. The summed E-state index contributed by atoms with van der Waals surface area (Å²) in [7, 11) is -2.18. The molecule has 1 aromatic heterocycles. The van der Waals surface area contributed by atoms with Crippen molar-refractivity contribution in [3.8, 4) is 5.75 Å². The van der Waals surface area contributed by atoms with Crippen LogP contribution in [0.15, 0.2) is 41.4 Å². The van der Waals surface area contributed by atoms with Crippen molar-refractivity contribution in [2.75, 3.05) is 26.8 Å². The van der Waals surface area contributed by atoms with Crippen LogP contribution < -0.4 is 4.74 Å². The molecule has 2 aromatic rings. The van der Waals surface area contributed by atoms with E-state index in [9.17, 15) is 18.0 Å². The Labute approximate surface area is 157 Å². The molecule has 8 nitrogen and oxygen atoms in total. The van der Waals surface area contributed by atoms with Gasteiger partial charge in [-0.2, -0.15) is 4.31 Å². The summed E-state index contributed by atoms with van der Waals surface area (Å²) in [4.78, 5) is 27.0. The van der Waals surface area contributed by atoms with E-state index < -0.39 is 28.4 Å². The fourth-order valence-electron chi connectivity index (χ4n) is 2.88. The molecule has 0 atom stereocenters. The molecule has 27 heavy (non-hydrogen) atoms. The second-order valence-corrected chi connectivity index (χ2v) is 8.00. The predicted molar refractivity (Wildman–Crippen MR) is 96.4 cm³/mol. The molecule has 1 aliphatic rings. The lowest BCUT2D eigenvalue weighted by Crippen LogP contribution is -2.27. The van der Waals surface area contributed by atoms with Crippen molar-refractivity contribution < 1.29 is 27.5 Å². The van der Waals surface area contributed by atoms with Gasteiger partial charge in [0.05, 0.1) is 12.7 Å². The molecule has 0 bridgehead atoms. The molecule has 1 aliphatic heterocycles. The van der Waals surface area contributed by atoms with Gasteiger partial charge in [0.25, 0.3) is 0 Å². The van der Waals surface area contributed by atoms with Gasteiger partial charge in [-0.05, 0) is 31.0 Å². The van der Waals surface area contributed by atoms with E-state index in [0.29, 0.717) is 24.4 Å². The molecule has 1 saturated heterocycles. The molecule has 144 valence electrons. The molecule has 0 amide bonds. The zero-order valence-corrected chi connectivity index (χ0v) is 15.6. The smallest absolute Gasteiger partial charge is 0.355 e. The van der Waals surface area contributed by atoms with Crippen LogP contribution in [0.4, 0.5) is 0 Å². The highest BCUT2D eigenvalue weighted by atomic mass is 32.2. The molecule has 0 unspecified atom stereocenters. The van der Waals surface area contributed by atoms with Gasteiger partial charge < -0.3 is 14.5 Å². The Morgan fingerprint density at radius 3 is 2.59 bits per heavy atom. The van der Waals surface area contributed by atoms with Gasteiger partial charge in [0.15, 0.2) is 6.61 Å². The van der Waals surface area contributed by atoms with Crippen molar-refractivity contribution in [1.82, 2.24) is 9.29 Å². The Kier molecular flexibility index (Phi) is 5.62. The van der Waals surface area contributed by atoms with Crippen LogP contribution in [0.3, 0.4) is 0 Å². The van der Waals surface area contributed by atoms with Gasteiger partial charge in [-0.3, -0.25) is 4.79 Å². The number of aromatic amines is 1. The third-order valence-corrected chi connectivity index (χ3v) is 6.20. The number of methoxy groups -OCH3 is 1. The number of aromatic nitrogens is 1. The topological polar surface area (TPSA) is 106 Å². The summed E-state index contributed by atoms with van der Waals surface area (Å²) >= 11 is 0. The molecule has 0 spiro atoms. The van der Waals surface area contributed by atoms with Crippen molar-refractivity contribution in [1.29, 1.82) is 0 Å². The number of rotatable bonds is 7. The minimum atomic E-state index is -3.62. The van der Waals surface area contributed by atoms with Gasteiger partial charge >= 0.3 is 5.97 Å². The Morgan fingerprint density at radius 2 is 1.89 bits per heavy atom. The van der Waals surface area contributed by atoms with Crippen LogP contribution in [0, 0.1) is 0 Å². The molecule has 3 rings (SSSR count). The van der Waals surface area contributed by atoms with Crippen LogP contribution >= 0.6 is 0 Å². The molecule has 2 heterocycles. The molecule has 1 fully saturated rings. The first-order chi connectivity index (χ1) is 12.9. The van der Waals surface area contributed by atoms with Crippen molar-refractivity contribution in [3.05, 3.63) is 47.8 Å². The zero-order chi connectivity index (χ0) is 19.4. The van der Waals surface area contributed by atoms with Crippen molar-refractivity contribution in [2.24, 2.45) is 0 Å². The van der Waals surface area contributed by atoms with Gasteiger partial charge in [0.2, 0.25) is 15.8 Å². The second kappa shape index (κ2) is 7.93. The molecule has 0 saturated carbocycles. The standard InChI is InChI=1S/C18H20N2O6S/c1-25-17-7-3-2-6-14(17)16(21)12-26-18(22)15-10-13(11-19-15)27(23,24)20-8-4-5-9-20/h2-3,6-7,10-11,19H,4-5,8-9,12H2,1H3. The van der Waals surface area contributed by atoms with Crippen molar-refractivity contribution in [3.63, 3.8) is 0 Å². The maximum absolute atomic E-state index is 12.5. The average molecular weight is 392 g/mol. The van der Waals surface area contributed by atoms with E-state index >= 15 is 0 Å². The van der Waals surface area contributed by atoms with Gasteiger partial charge in [-0.25, -0.2) is 13.2 Å². The van der Waals surface area contributed by atoms with E-state index in [-0.39, 0.29) is 10.6 Å². The second-order valence-electron chi connectivity index (χ2n) is 6.06. The summed E-state index contributed by atoms with van der Waals surface area (Å²) in [6, 6.07) is 7.84. The van der Waals surface area contributed by atoms with E-state index in [1.807, 2.05) is 0 Å². The highest BCUT2D eigenvalue weighted by molar-refractivity contribution is 7.89. The number of para-hydroxylation sites is 1. The number of sulfonamides is 1. The van der Waals surface area contributed by atoms with Gasteiger partial charge in [-0.15, -0.1) is 0 Å². The number of nitrogens with one attached hydrogen (secondary N) is 1.